The van der Waals surface area contributed by atoms with E-state index in [9.17, 15) is 9.59 Å². The number of carbonyl (C=O) groups is 2. The number of thiophene rings is 1. The summed E-state index contributed by atoms with van der Waals surface area (Å²) in [6.45, 7) is 3.30. The van der Waals surface area contributed by atoms with E-state index in [0.29, 0.717) is 10.4 Å². The van der Waals surface area contributed by atoms with Crippen molar-refractivity contribution in [3.8, 4) is 11.1 Å². The van der Waals surface area contributed by atoms with Crippen LogP contribution >= 0.6 is 11.3 Å². The molecule has 1 aromatic heterocycles. The smallest absolute Gasteiger partial charge is 0.258 e. The second-order valence-corrected chi connectivity index (χ2v) is 7.93. The molecule has 1 fully saturated rings. The summed E-state index contributed by atoms with van der Waals surface area (Å²) in [5.74, 6) is -0.345. The summed E-state index contributed by atoms with van der Waals surface area (Å²) in [7, 11) is 2.07. The number of fused-ring (bicyclic) bond motifs is 1. The maximum absolute atomic E-state index is 12.9. The van der Waals surface area contributed by atoms with Crippen molar-refractivity contribution >= 4 is 33.2 Å². The van der Waals surface area contributed by atoms with Crippen molar-refractivity contribution in [2.24, 2.45) is 5.73 Å². The number of carbonyl (C=O) groups excluding carboxylic acids is 2. The molecular weight excluding hydrogens is 358 g/mol. The third-order valence-electron chi connectivity index (χ3n) is 5.00. The van der Waals surface area contributed by atoms with Gasteiger partial charge in [0, 0.05) is 36.4 Å². The number of hydrogen-bond donors (Lipinski definition) is 1. The number of benzene rings is 2. The Kier molecular flexibility index (Phi) is 4.68. The summed E-state index contributed by atoms with van der Waals surface area (Å²) in [4.78, 5) is 29.1. The van der Waals surface area contributed by atoms with E-state index < -0.39 is 5.91 Å². The Morgan fingerprint density at radius 2 is 1.74 bits per heavy atom. The number of piperazine rings is 1. The van der Waals surface area contributed by atoms with Crippen LogP contribution in [0.5, 0.6) is 0 Å². The lowest BCUT2D eigenvalue weighted by Gasteiger charge is -2.32. The van der Waals surface area contributed by atoms with Crippen molar-refractivity contribution < 1.29 is 9.59 Å². The van der Waals surface area contributed by atoms with Crippen LogP contribution in [0.15, 0.2) is 48.5 Å². The van der Waals surface area contributed by atoms with Crippen molar-refractivity contribution in [2.75, 3.05) is 33.2 Å². The molecule has 1 aliphatic heterocycles. The molecule has 2 aromatic carbocycles. The van der Waals surface area contributed by atoms with Gasteiger partial charge in [0.25, 0.3) is 11.8 Å². The maximum atomic E-state index is 12.9. The predicted molar refractivity (Wildman–Crippen MR) is 109 cm³/mol. The summed E-state index contributed by atoms with van der Waals surface area (Å²) in [6.07, 6.45) is 0. The monoisotopic (exact) mass is 379 g/mol. The van der Waals surface area contributed by atoms with E-state index in [-0.39, 0.29) is 5.91 Å². The van der Waals surface area contributed by atoms with Gasteiger partial charge in [-0.25, -0.2) is 0 Å². The van der Waals surface area contributed by atoms with Gasteiger partial charge in [-0.1, -0.05) is 30.3 Å². The van der Waals surface area contributed by atoms with Crippen LogP contribution in [-0.2, 0) is 0 Å². The topological polar surface area (TPSA) is 66.6 Å². The molecule has 138 valence electrons. The van der Waals surface area contributed by atoms with E-state index in [4.69, 9.17) is 5.73 Å². The van der Waals surface area contributed by atoms with Crippen LogP contribution in [0.4, 0.5) is 0 Å². The first-order valence-corrected chi connectivity index (χ1v) is 9.75. The van der Waals surface area contributed by atoms with E-state index >= 15 is 0 Å². The van der Waals surface area contributed by atoms with Gasteiger partial charge in [0.2, 0.25) is 0 Å². The van der Waals surface area contributed by atoms with Crippen molar-refractivity contribution in [3.63, 3.8) is 0 Å². The fourth-order valence-corrected chi connectivity index (χ4v) is 4.47. The van der Waals surface area contributed by atoms with E-state index in [1.807, 2.05) is 53.4 Å². The fourth-order valence-electron chi connectivity index (χ4n) is 3.42. The summed E-state index contributed by atoms with van der Waals surface area (Å²) in [5, 5.41) is 0.988. The van der Waals surface area contributed by atoms with Crippen LogP contribution in [0.25, 0.3) is 21.2 Å². The van der Waals surface area contributed by atoms with Gasteiger partial charge < -0.3 is 15.5 Å². The second kappa shape index (κ2) is 7.13. The summed E-state index contributed by atoms with van der Waals surface area (Å²) in [5.41, 5.74) is 8.12. The average molecular weight is 379 g/mol. The molecule has 0 radical (unpaired) electrons. The SMILES string of the molecule is CN1CCN(C(=O)c2cccc(-c3cccc4cc(C(N)=O)sc34)c2)CC1. The number of amides is 2. The lowest BCUT2D eigenvalue weighted by molar-refractivity contribution is 0.0664. The van der Waals surface area contributed by atoms with Gasteiger partial charge in [0.1, 0.15) is 0 Å². The third-order valence-corrected chi connectivity index (χ3v) is 6.20. The zero-order valence-corrected chi connectivity index (χ0v) is 16.0. The molecule has 2 N–H and O–H groups in total. The molecule has 0 atom stereocenters. The molecule has 0 bridgehead atoms. The zero-order valence-electron chi connectivity index (χ0n) is 15.1. The Bertz CT molecular complexity index is 1020. The molecule has 3 aromatic rings. The number of likely N-dealkylation sites (N-methyl/N-ethyl adjacent to an activating group) is 1. The molecule has 6 heteroatoms. The van der Waals surface area contributed by atoms with Crippen molar-refractivity contribution in [1.82, 2.24) is 9.80 Å². The minimum absolute atomic E-state index is 0.0705. The molecule has 0 aliphatic carbocycles. The molecule has 0 saturated carbocycles. The van der Waals surface area contributed by atoms with Gasteiger partial charge in [-0.3, -0.25) is 9.59 Å². The van der Waals surface area contributed by atoms with Crippen molar-refractivity contribution in [3.05, 3.63) is 59.0 Å². The Labute approximate surface area is 162 Å². The third kappa shape index (κ3) is 3.46. The van der Waals surface area contributed by atoms with Crippen molar-refractivity contribution in [2.45, 2.75) is 0 Å². The van der Waals surface area contributed by atoms with Crippen molar-refractivity contribution in [1.29, 1.82) is 0 Å². The molecule has 0 spiro atoms. The van der Waals surface area contributed by atoms with Gasteiger partial charge in [0.15, 0.2) is 0 Å². The number of primary amides is 1. The summed E-state index contributed by atoms with van der Waals surface area (Å²) in [6, 6.07) is 15.5. The van der Waals surface area contributed by atoms with Crippen LogP contribution in [0, 0.1) is 0 Å². The normalized spacial score (nSPS) is 15.2. The zero-order chi connectivity index (χ0) is 19.0. The first kappa shape index (κ1) is 17.7. The minimum atomic E-state index is -0.416. The number of nitrogens with zero attached hydrogens (tertiary/aromatic N) is 2. The minimum Gasteiger partial charge on any atom is -0.365 e. The number of nitrogens with two attached hydrogens (primary N) is 1. The molecule has 2 amide bonds. The molecule has 27 heavy (non-hydrogen) atoms. The molecule has 2 heterocycles. The van der Waals surface area contributed by atoms with Crippen LogP contribution in [0.2, 0.25) is 0 Å². The highest BCUT2D eigenvalue weighted by Gasteiger charge is 2.21. The molecule has 1 saturated heterocycles. The molecule has 0 unspecified atom stereocenters. The average Bonchev–Trinajstić information content (AvgIpc) is 3.13. The van der Waals surface area contributed by atoms with Gasteiger partial charge in [-0.15, -0.1) is 11.3 Å². The van der Waals surface area contributed by atoms with E-state index in [2.05, 4.69) is 11.9 Å². The Balaban J connectivity index is 1.69. The number of rotatable bonds is 3. The summed E-state index contributed by atoms with van der Waals surface area (Å²) < 4.78 is 1.01. The fraction of sp³-hybridized carbons (Fsp3) is 0.238. The Morgan fingerprint density at radius 1 is 1.00 bits per heavy atom. The second-order valence-electron chi connectivity index (χ2n) is 6.88. The molecule has 1 aliphatic rings. The lowest BCUT2D eigenvalue weighted by Crippen LogP contribution is -2.47. The predicted octanol–water partition coefficient (Wildman–Crippen LogP) is 3.05. The lowest BCUT2D eigenvalue weighted by atomic mass is 10.0. The van der Waals surface area contributed by atoms with Gasteiger partial charge in [-0.05, 0) is 41.8 Å². The van der Waals surface area contributed by atoms with Crippen LogP contribution in [0.3, 0.4) is 0 Å². The van der Waals surface area contributed by atoms with Crippen LogP contribution < -0.4 is 5.73 Å². The quantitative estimate of drug-likeness (QED) is 0.761. The molecular formula is C21H21N3O2S. The number of hydrogen-bond acceptors (Lipinski definition) is 4. The highest BCUT2D eigenvalue weighted by atomic mass is 32.1. The molecule has 5 nitrogen and oxygen atoms in total. The standard InChI is InChI=1S/C21H21N3O2S/c1-23-8-10-24(11-9-23)21(26)16-6-2-4-14(12-16)17-7-3-5-15-13-18(20(22)25)27-19(15)17/h2-7,12-13H,8-11H2,1H3,(H2,22,25). The highest BCUT2D eigenvalue weighted by molar-refractivity contribution is 7.21. The van der Waals surface area contributed by atoms with Gasteiger partial charge >= 0.3 is 0 Å². The Hall–Kier alpha value is -2.70. The highest BCUT2D eigenvalue weighted by Crippen LogP contribution is 2.35. The van der Waals surface area contributed by atoms with Crippen LogP contribution in [0.1, 0.15) is 20.0 Å². The van der Waals surface area contributed by atoms with E-state index in [1.54, 1.807) is 0 Å². The molecule has 4 rings (SSSR count). The first-order chi connectivity index (χ1) is 13.0. The first-order valence-electron chi connectivity index (χ1n) is 8.93. The Morgan fingerprint density at radius 3 is 2.48 bits per heavy atom. The van der Waals surface area contributed by atoms with Gasteiger partial charge in [0.05, 0.1) is 4.88 Å². The van der Waals surface area contributed by atoms with E-state index in [0.717, 1.165) is 47.4 Å². The maximum Gasteiger partial charge on any atom is 0.258 e. The van der Waals surface area contributed by atoms with E-state index in [1.165, 1.54) is 11.3 Å². The largest absolute Gasteiger partial charge is 0.365 e. The van der Waals surface area contributed by atoms with Crippen LogP contribution in [-0.4, -0.2) is 54.8 Å². The van der Waals surface area contributed by atoms with Gasteiger partial charge in [-0.2, -0.15) is 0 Å². The summed E-state index contributed by atoms with van der Waals surface area (Å²) >= 11 is 1.39.